The first-order valence-corrected chi connectivity index (χ1v) is 9.74. The van der Waals surface area contributed by atoms with Crippen LogP contribution in [0.25, 0.3) is 17.0 Å². The SMILES string of the molecule is Cn1ccc2c1CCCC2N1CNc2cnc(-n3cnc4ccccc43)nc21. The van der Waals surface area contributed by atoms with Gasteiger partial charge in [-0.3, -0.25) is 4.57 Å². The maximum Gasteiger partial charge on any atom is 0.237 e. The van der Waals surface area contributed by atoms with Crippen LogP contribution in [-0.2, 0) is 13.5 Å². The molecular formula is C21H21N7. The van der Waals surface area contributed by atoms with E-state index in [9.17, 15) is 0 Å². The molecule has 1 N–H and O–H groups in total. The van der Waals surface area contributed by atoms with Crippen LogP contribution in [0.1, 0.15) is 30.1 Å². The van der Waals surface area contributed by atoms with Crippen molar-refractivity contribution in [3.63, 3.8) is 0 Å². The summed E-state index contributed by atoms with van der Waals surface area (Å²) in [6.07, 6.45) is 9.36. The van der Waals surface area contributed by atoms with Gasteiger partial charge in [-0.25, -0.2) is 9.97 Å². The number of nitrogens with one attached hydrogen (secondary N) is 1. The fourth-order valence-electron chi connectivity index (χ4n) is 4.59. The van der Waals surface area contributed by atoms with E-state index in [2.05, 4.69) is 44.1 Å². The van der Waals surface area contributed by atoms with Gasteiger partial charge in [-0.05, 0) is 43.0 Å². The van der Waals surface area contributed by atoms with E-state index in [-0.39, 0.29) is 0 Å². The number of nitrogens with zero attached hydrogens (tertiary/aromatic N) is 6. The maximum absolute atomic E-state index is 4.95. The van der Waals surface area contributed by atoms with E-state index in [1.807, 2.05) is 35.0 Å². The highest BCUT2D eigenvalue weighted by atomic mass is 15.4. The van der Waals surface area contributed by atoms with E-state index in [0.717, 1.165) is 42.0 Å². The lowest BCUT2D eigenvalue weighted by atomic mass is 9.92. The first kappa shape index (κ1) is 15.7. The molecule has 1 aliphatic heterocycles. The van der Waals surface area contributed by atoms with E-state index in [1.54, 1.807) is 6.33 Å². The Hall–Kier alpha value is -3.35. The van der Waals surface area contributed by atoms with Crippen LogP contribution < -0.4 is 10.2 Å². The molecule has 2 aliphatic rings. The summed E-state index contributed by atoms with van der Waals surface area (Å²) >= 11 is 0. The molecule has 7 nitrogen and oxygen atoms in total. The third kappa shape index (κ3) is 2.19. The van der Waals surface area contributed by atoms with Gasteiger partial charge in [0, 0.05) is 18.9 Å². The number of aromatic nitrogens is 5. The topological polar surface area (TPSA) is 63.8 Å². The summed E-state index contributed by atoms with van der Waals surface area (Å²) in [5.41, 5.74) is 5.83. The van der Waals surface area contributed by atoms with E-state index < -0.39 is 0 Å². The molecule has 7 heteroatoms. The number of hydrogen-bond donors (Lipinski definition) is 1. The fraction of sp³-hybridized carbons (Fsp3) is 0.286. The Morgan fingerprint density at radius 3 is 3.04 bits per heavy atom. The highest BCUT2D eigenvalue weighted by molar-refractivity contribution is 5.77. The summed E-state index contributed by atoms with van der Waals surface area (Å²) in [5.74, 6) is 1.63. The third-order valence-electron chi connectivity index (χ3n) is 6.00. The molecule has 0 amide bonds. The lowest BCUT2D eigenvalue weighted by molar-refractivity contribution is 0.521. The largest absolute Gasteiger partial charge is 0.363 e. The molecule has 1 aliphatic carbocycles. The molecule has 0 fully saturated rings. The predicted octanol–water partition coefficient (Wildman–Crippen LogP) is 3.42. The lowest BCUT2D eigenvalue weighted by Crippen LogP contribution is -2.31. The van der Waals surface area contributed by atoms with Gasteiger partial charge >= 0.3 is 0 Å². The molecule has 28 heavy (non-hydrogen) atoms. The Morgan fingerprint density at radius 2 is 2.07 bits per heavy atom. The maximum atomic E-state index is 4.95. The van der Waals surface area contributed by atoms with Crippen molar-refractivity contribution in [2.24, 2.45) is 7.05 Å². The highest BCUT2D eigenvalue weighted by Gasteiger charge is 2.33. The van der Waals surface area contributed by atoms with Gasteiger partial charge in [0.05, 0.1) is 35.6 Å². The van der Waals surface area contributed by atoms with Crippen LogP contribution in [0.5, 0.6) is 0 Å². The van der Waals surface area contributed by atoms with Gasteiger partial charge in [0.1, 0.15) is 6.33 Å². The minimum Gasteiger partial charge on any atom is -0.363 e. The zero-order valence-electron chi connectivity index (χ0n) is 15.7. The normalized spacial score (nSPS) is 18.2. The molecule has 0 radical (unpaired) electrons. The van der Waals surface area contributed by atoms with Crippen molar-refractivity contribution in [1.82, 2.24) is 24.1 Å². The second-order valence-corrected chi connectivity index (χ2v) is 7.55. The number of fused-ring (bicyclic) bond motifs is 3. The molecule has 0 spiro atoms. The molecule has 3 aromatic heterocycles. The summed E-state index contributed by atoms with van der Waals surface area (Å²) in [5, 5.41) is 3.46. The Morgan fingerprint density at radius 1 is 1.14 bits per heavy atom. The first-order chi connectivity index (χ1) is 13.8. The van der Waals surface area contributed by atoms with Gasteiger partial charge in [0.25, 0.3) is 0 Å². The zero-order chi connectivity index (χ0) is 18.7. The number of imidazole rings is 1. The predicted molar refractivity (Wildman–Crippen MR) is 109 cm³/mol. The number of rotatable bonds is 2. The minimum atomic E-state index is 0.348. The van der Waals surface area contributed by atoms with E-state index in [1.165, 1.54) is 17.7 Å². The Kier molecular flexibility index (Phi) is 3.26. The molecule has 0 saturated heterocycles. The van der Waals surface area contributed by atoms with Gasteiger partial charge < -0.3 is 14.8 Å². The summed E-state index contributed by atoms with van der Waals surface area (Å²) in [6.45, 7) is 0.761. The Labute approximate surface area is 162 Å². The minimum absolute atomic E-state index is 0.348. The molecule has 1 aromatic carbocycles. The molecule has 4 aromatic rings. The third-order valence-corrected chi connectivity index (χ3v) is 6.00. The molecule has 1 unspecified atom stereocenters. The molecule has 6 rings (SSSR count). The summed E-state index contributed by atoms with van der Waals surface area (Å²) < 4.78 is 4.22. The standard InChI is InChI=1S/C21H21N7/c1-26-10-9-14-17(26)7-4-8-18(14)27-12-24-16-11-22-21(25-20(16)27)28-13-23-15-5-2-3-6-19(15)28/h2-3,5-6,9-11,13,18,24H,4,7-8,12H2,1H3. The van der Waals surface area contributed by atoms with Gasteiger partial charge in [0.15, 0.2) is 5.82 Å². The van der Waals surface area contributed by atoms with Crippen LogP contribution in [0, 0.1) is 0 Å². The Balaban J connectivity index is 1.44. The van der Waals surface area contributed by atoms with Crippen LogP contribution in [0.2, 0.25) is 0 Å². The molecule has 0 bridgehead atoms. The van der Waals surface area contributed by atoms with Crippen LogP contribution in [0.15, 0.2) is 49.1 Å². The fourth-order valence-corrected chi connectivity index (χ4v) is 4.59. The van der Waals surface area contributed by atoms with Gasteiger partial charge in [-0.2, -0.15) is 4.98 Å². The summed E-state index contributed by atoms with van der Waals surface area (Å²) in [7, 11) is 2.14. The van der Waals surface area contributed by atoms with E-state index >= 15 is 0 Å². The molecule has 1 atom stereocenters. The van der Waals surface area contributed by atoms with Crippen LogP contribution >= 0.6 is 0 Å². The Bertz CT molecular complexity index is 1190. The number of anilines is 2. The smallest absolute Gasteiger partial charge is 0.237 e. The van der Waals surface area contributed by atoms with E-state index in [4.69, 9.17) is 4.98 Å². The van der Waals surface area contributed by atoms with Crippen molar-refractivity contribution < 1.29 is 0 Å². The average Bonchev–Trinajstić information content (AvgIpc) is 3.44. The quantitative estimate of drug-likeness (QED) is 0.585. The van der Waals surface area contributed by atoms with Crippen molar-refractivity contribution in [2.75, 3.05) is 16.9 Å². The molecule has 140 valence electrons. The summed E-state index contributed by atoms with van der Waals surface area (Å²) in [6, 6.07) is 10.7. The second-order valence-electron chi connectivity index (χ2n) is 7.55. The average molecular weight is 371 g/mol. The number of aryl methyl sites for hydroxylation is 1. The van der Waals surface area contributed by atoms with Crippen LogP contribution in [0.4, 0.5) is 11.5 Å². The highest BCUT2D eigenvalue weighted by Crippen LogP contribution is 2.41. The van der Waals surface area contributed by atoms with Crippen molar-refractivity contribution in [3.05, 3.63) is 60.3 Å². The number of benzene rings is 1. The first-order valence-electron chi connectivity index (χ1n) is 9.74. The molecule has 0 saturated carbocycles. The van der Waals surface area contributed by atoms with Crippen molar-refractivity contribution in [1.29, 1.82) is 0 Å². The van der Waals surface area contributed by atoms with Crippen molar-refractivity contribution in [3.8, 4) is 5.95 Å². The van der Waals surface area contributed by atoms with Gasteiger partial charge in [-0.15, -0.1) is 0 Å². The van der Waals surface area contributed by atoms with Gasteiger partial charge in [-0.1, -0.05) is 12.1 Å². The molecular weight excluding hydrogens is 350 g/mol. The number of para-hydroxylation sites is 2. The summed E-state index contributed by atoms with van der Waals surface area (Å²) in [4.78, 5) is 16.4. The molecule has 4 heterocycles. The monoisotopic (exact) mass is 371 g/mol. The number of hydrogen-bond acceptors (Lipinski definition) is 5. The zero-order valence-corrected chi connectivity index (χ0v) is 15.7. The van der Waals surface area contributed by atoms with Crippen molar-refractivity contribution >= 4 is 22.5 Å². The second kappa shape index (κ2) is 5.82. The van der Waals surface area contributed by atoms with Gasteiger partial charge in [0.2, 0.25) is 5.95 Å². The van der Waals surface area contributed by atoms with E-state index in [0.29, 0.717) is 12.0 Å². The van der Waals surface area contributed by atoms with Crippen LogP contribution in [-0.4, -0.2) is 30.8 Å². The van der Waals surface area contributed by atoms with Crippen LogP contribution in [0.3, 0.4) is 0 Å². The van der Waals surface area contributed by atoms with Crippen molar-refractivity contribution in [2.45, 2.75) is 25.3 Å². The lowest BCUT2D eigenvalue weighted by Gasteiger charge is -2.32.